The molecule has 0 aliphatic carbocycles. The minimum absolute atomic E-state index is 0. The van der Waals surface area contributed by atoms with E-state index >= 15 is 0 Å². The summed E-state index contributed by atoms with van der Waals surface area (Å²) < 4.78 is 1.81. The minimum Gasteiger partial charge on any atom is -0.370 e. The Morgan fingerprint density at radius 3 is 2.68 bits per heavy atom. The van der Waals surface area contributed by atoms with Gasteiger partial charge in [-0.25, -0.2) is 0 Å². The molecule has 0 aromatic carbocycles. The SMILES string of the molecule is CCCCCCNC(N)=NCC(c1cnn(C)c1)N(C)C.I. The Labute approximate surface area is 151 Å². The minimum atomic E-state index is 0. The highest BCUT2D eigenvalue weighted by molar-refractivity contribution is 14.0. The zero-order valence-corrected chi connectivity index (χ0v) is 16.6. The van der Waals surface area contributed by atoms with Crippen LogP contribution in [0.15, 0.2) is 17.4 Å². The molecule has 1 aromatic heterocycles. The number of halogens is 1. The molecule has 0 radical (unpaired) electrons. The van der Waals surface area contributed by atoms with Crippen LogP contribution < -0.4 is 11.1 Å². The van der Waals surface area contributed by atoms with Crippen LogP contribution in [0.25, 0.3) is 0 Å². The molecule has 128 valence electrons. The maximum absolute atomic E-state index is 5.92. The van der Waals surface area contributed by atoms with Gasteiger partial charge in [-0.2, -0.15) is 5.10 Å². The summed E-state index contributed by atoms with van der Waals surface area (Å²) in [7, 11) is 6.01. The monoisotopic (exact) mass is 422 g/mol. The highest BCUT2D eigenvalue weighted by atomic mass is 127. The van der Waals surface area contributed by atoms with Gasteiger partial charge in [0.2, 0.25) is 0 Å². The Balaban J connectivity index is 0.00000441. The quantitative estimate of drug-likeness (QED) is 0.277. The van der Waals surface area contributed by atoms with Crippen molar-refractivity contribution in [2.75, 3.05) is 27.2 Å². The molecular weight excluding hydrogens is 391 g/mol. The van der Waals surface area contributed by atoms with Gasteiger partial charge in [0.25, 0.3) is 0 Å². The number of nitrogens with zero attached hydrogens (tertiary/aromatic N) is 4. The van der Waals surface area contributed by atoms with E-state index in [0.29, 0.717) is 12.5 Å². The summed E-state index contributed by atoms with van der Waals surface area (Å²) in [5, 5.41) is 7.40. The molecule has 0 bridgehead atoms. The summed E-state index contributed by atoms with van der Waals surface area (Å²) in [6.07, 6.45) is 8.82. The van der Waals surface area contributed by atoms with E-state index < -0.39 is 0 Å². The van der Waals surface area contributed by atoms with Crippen molar-refractivity contribution < 1.29 is 0 Å². The largest absolute Gasteiger partial charge is 0.370 e. The maximum Gasteiger partial charge on any atom is 0.188 e. The lowest BCUT2D eigenvalue weighted by Crippen LogP contribution is -2.33. The molecule has 0 saturated carbocycles. The fourth-order valence-electron chi connectivity index (χ4n) is 2.19. The van der Waals surface area contributed by atoms with E-state index in [-0.39, 0.29) is 30.0 Å². The number of aromatic nitrogens is 2. The van der Waals surface area contributed by atoms with Crippen LogP contribution in [0.1, 0.15) is 44.2 Å². The zero-order chi connectivity index (χ0) is 15.7. The molecule has 1 aromatic rings. The van der Waals surface area contributed by atoms with Crippen LogP contribution in [0.4, 0.5) is 0 Å². The van der Waals surface area contributed by atoms with Crippen LogP contribution in [0.3, 0.4) is 0 Å². The Morgan fingerprint density at radius 1 is 1.41 bits per heavy atom. The average molecular weight is 422 g/mol. The molecule has 1 rings (SSSR count). The van der Waals surface area contributed by atoms with Crippen molar-refractivity contribution in [1.82, 2.24) is 20.0 Å². The van der Waals surface area contributed by atoms with Gasteiger partial charge < -0.3 is 16.0 Å². The molecule has 0 spiro atoms. The van der Waals surface area contributed by atoms with Gasteiger partial charge in [-0.15, -0.1) is 24.0 Å². The van der Waals surface area contributed by atoms with E-state index in [1.165, 1.54) is 19.3 Å². The van der Waals surface area contributed by atoms with Gasteiger partial charge in [0.05, 0.1) is 18.8 Å². The molecule has 6 nitrogen and oxygen atoms in total. The van der Waals surface area contributed by atoms with Crippen molar-refractivity contribution in [3.8, 4) is 0 Å². The summed E-state index contributed by atoms with van der Waals surface area (Å²) in [6, 6.07) is 0.194. The van der Waals surface area contributed by atoms with E-state index in [9.17, 15) is 0 Å². The third-order valence-electron chi connectivity index (χ3n) is 3.50. The van der Waals surface area contributed by atoms with Crippen LogP contribution in [0.2, 0.25) is 0 Å². The number of rotatable bonds is 9. The van der Waals surface area contributed by atoms with Crippen molar-refractivity contribution in [3.63, 3.8) is 0 Å². The number of hydrogen-bond donors (Lipinski definition) is 2. The summed E-state index contributed by atoms with van der Waals surface area (Å²) >= 11 is 0. The second-order valence-corrected chi connectivity index (χ2v) is 5.64. The average Bonchev–Trinajstić information content (AvgIpc) is 2.85. The number of hydrogen-bond acceptors (Lipinski definition) is 3. The summed E-state index contributed by atoms with van der Waals surface area (Å²) in [6.45, 7) is 3.74. The number of nitrogens with two attached hydrogens (primary N) is 1. The standard InChI is InChI=1S/C15H30N6.HI/c1-5-6-7-8-9-17-15(16)18-11-14(20(2)3)13-10-19-21(4)12-13;/h10,12,14H,5-9,11H2,1-4H3,(H3,16,17,18);1H. The van der Waals surface area contributed by atoms with Crippen molar-refractivity contribution in [1.29, 1.82) is 0 Å². The highest BCUT2D eigenvalue weighted by Gasteiger charge is 2.15. The van der Waals surface area contributed by atoms with E-state index in [4.69, 9.17) is 5.73 Å². The first kappa shape index (κ1) is 21.2. The first-order valence-corrected chi connectivity index (χ1v) is 7.73. The Morgan fingerprint density at radius 2 is 2.14 bits per heavy atom. The second-order valence-electron chi connectivity index (χ2n) is 5.64. The van der Waals surface area contributed by atoms with Gasteiger partial charge in [-0.1, -0.05) is 26.2 Å². The first-order chi connectivity index (χ1) is 10.0. The van der Waals surface area contributed by atoms with Crippen LogP contribution in [0, 0.1) is 0 Å². The molecular formula is C15H31IN6. The van der Waals surface area contributed by atoms with Crippen LogP contribution in [-0.2, 0) is 7.05 Å². The molecule has 0 aliphatic heterocycles. The normalized spacial score (nSPS) is 13.0. The number of guanidine groups is 1. The number of aryl methyl sites for hydroxylation is 1. The topological polar surface area (TPSA) is 71.5 Å². The van der Waals surface area contributed by atoms with Crippen molar-refractivity contribution >= 4 is 29.9 Å². The van der Waals surface area contributed by atoms with E-state index in [1.54, 1.807) is 0 Å². The maximum atomic E-state index is 5.92. The number of unbranched alkanes of at least 4 members (excludes halogenated alkanes) is 3. The Hall–Kier alpha value is -0.830. The fraction of sp³-hybridized carbons (Fsp3) is 0.733. The van der Waals surface area contributed by atoms with Gasteiger partial charge in [0, 0.05) is 25.4 Å². The molecule has 1 unspecified atom stereocenters. The van der Waals surface area contributed by atoms with Crippen LogP contribution >= 0.6 is 24.0 Å². The third kappa shape index (κ3) is 7.98. The zero-order valence-electron chi connectivity index (χ0n) is 14.2. The summed E-state index contributed by atoms with van der Waals surface area (Å²) in [5.41, 5.74) is 7.07. The van der Waals surface area contributed by atoms with Gasteiger partial charge in [0.1, 0.15) is 0 Å². The summed E-state index contributed by atoms with van der Waals surface area (Å²) in [5.74, 6) is 0.530. The molecule has 0 amide bonds. The van der Waals surface area contributed by atoms with E-state index in [0.717, 1.165) is 18.5 Å². The second kappa shape index (κ2) is 11.7. The van der Waals surface area contributed by atoms with Gasteiger partial charge in [-0.3, -0.25) is 9.67 Å². The number of likely N-dealkylation sites (N-methyl/N-ethyl adjacent to an activating group) is 1. The molecule has 3 N–H and O–H groups in total. The van der Waals surface area contributed by atoms with E-state index in [1.807, 2.05) is 38.2 Å². The Bertz CT molecular complexity index is 429. The van der Waals surface area contributed by atoms with Gasteiger partial charge >= 0.3 is 0 Å². The summed E-state index contributed by atoms with van der Waals surface area (Å²) in [4.78, 5) is 6.59. The molecule has 0 saturated heterocycles. The molecule has 1 atom stereocenters. The lowest BCUT2D eigenvalue weighted by molar-refractivity contribution is 0.306. The molecule has 22 heavy (non-hydrogen) atoms. The van der Waals surface area contributed by atoms with Gasteiger partial charge in [0.15, 0.2) is 5.96 Å². The Kier molecular flexibility index (Phi) is 11.3. The third-order valence-corrected chi connectivity index (χ3v) is 3.50. The lowest BCUT2D eigenvalue weighted by atomic mass is 10.1. The highest BCUT2D eigenvalue weighted by Crippen LogP contribution is 2.17. The van der Waals surface area contributed by atoms with Crippen molar-refractivity contribution in [2.24, 2.45) is 17.8 Å². The predicted octanol–water partition coefficient (Wildman–Crippen LogP) is 2.13. The van der Waals surface area contributed by atoms with Crippen molar-refractivity contribution in [3.05, 3.63) is 18.0 Å². The van der Waals surface area contributed by atoms with Crippen molar-refractivity contribution in [2.45, 2.75) is 38.6 Å². The molecule has 0 fully saturated rings. The van der Waals surface area contributed by atoms with Crippen LogP contribution in [0.5, 0.6) is 0 Å². The first-order valence-electron chi connectivity index (χ1n) is 7.73. The number of nitrogens with one attached hydrogen (secondary N) is 1. The smallest absolute Gasteiger partial charge is 0.188 e. The predicted molar refractivity (Wildman–Crippen MR) is 104 cm³/mol. The van der Waals surface area contributed by atoms with Crippen LogP contribution in [-0.4, -0.2) is 47.8 Å². The molecule has 1 heterocycles. The molecule has 0 aliphatic rings. The number of aliphatic imine (C=N–C) groups is 1. The lowest BCUT2D eigenvalue weighted by Gasteiger charge is -2.21. The molecule has 7 heteroatoms. The van der Waals surface area contributed by atoms with Gasteiger partial charge in [-0.05, 0) is 20.5 Å². The fourth-order valence-corrected chi connectivity index (χ4v) is 2.19. The van der Waals surface area contributed by atoms with E-state index in [2.05, 4.69) is 27.2 Å².